The van der Waals surface area contributed by atoms with Gasteiger partial charge < -0.3 is 15.0 Å². The lowest BCUT2D eigenvalue weighted by Gasteiger charge is -2.35. The zero-order valence-electron chi connectivity index (χ0n) is 18.3. The van der Waals surface area contributed by atoms with Gasteiger partial charge in [0.2, 0.25) is 0 Å². The van der Waals surface area contributed by atoms with Crippen LogP contribution in [0.2, 0.25) is 5.02 Å². The topological polar surface area (TPSA) is 61.9 Å². The van der Waals surface area contributed by atoms with E-state index in [4.69, 9.17) is 16.3 Å². The van der Waals surface area contributed by atoms with E-state index < -0.39 is 5.82 Å². The number of methoxy groups -OCH3 is 1. The molecule has 170 valence electrons. The van der Waals surface area contributed by atoms with Gasteiger partial charge in [-0.3, -0.25) is 9.69 Å². The molecule has 8 heteroatoms. The van der Waals surface area contributed by atoms with Gasteiger partial charge in [0, 0.05) is 32.2 Å². The second-order valence-corrected chi connectivity index (χ2v) is 8.23. The molecule has 0 unspecified atom stereocenters. The summed E-state index contributed by atoms with van der Waals surface area (Å²) >= 11 is 5.88. The highest BCUT2D eigenvalue weighted by atomic mass is 35.5. The molecule has 0 aliphatic carbocycles. The van der Waals surface area contributed by atoms with Crippen molar-refractivity contribution in [3.05, 3.63) is 93.8 Å². The van der Waals surface area contributed by atoms with Crippen molar-refractivity contribution in [1.82, 2.24) is 10.2 Å². The van der Waals surface area contributed by atoms with Crippen LogP contribution in [0.15, 0.2) is 60.7 Å². The molecule has 4 rings (SSSR count). The SMILES string of the molecule is COc1ccc(CNC(=O)c2ccc3c(c2)CN(Cc2ccc(F)c(Cl)c2)C(=O)N3C)cc1. The van der Waals surface area contributed by atoms with E-state index in [1.807, 2.05) is 24.3 Å². The van der Waals surface area contributed by atoms with Gasteiger partial charge in [-0.2, -0.15) is 0 Å². The lowest BCUT2D eigenvalue weighted by atomic mass is 10.0. The highest BCUT2D eigenvalue weighted by molar-refractivity contribution is 6.30. The second-order valence-electron chi connectivity index (χ2n) is 7.82. The van der Waals surface area contributed by atoms with Crippen molar-refractivity contribution in [3.8, 4) is 5.75 Å². The lowest BCUT2D eigenvalue weighted by Crippen LogP contribution is -2.44. The van der Waals surface area contributed by atoms with Crippen molar-refractivity contribution in [2.24, 2.45) is 0 Å². The first-order valence-corrected chi connectivity index (χ1v) is 10.7. The minimum absolute atomic E-state index is 0.0153. The van der Waals surface area contributed by atoms with E-state index in [-0.39, 0.29) is 23.5 Å². The van der Waals surface area contributed by atoms with Gasteiger partial charge >= 0.3 is 6.03 Å². The molecule has 3 amide bonds. The maximum absolute atomic E-state index is 13.5. The van der Waals surface area contributed by atoms with Crippen molar-refractivity contribution in [3.63, 3.8) is 0 Å². The summed E-state index contributed by atoms with van der Waals surface area (Å²) in [7, 11) is 3.29. The third-order valence-corrected chi connectivity index (χ3v) is 5.88. The number of benzene rings is 3. The van der Waals surface area contributed by atoms with Crippen molar-refractivity contribution in [1.29, 1.82) is 0 Å². The summed E-state index contributed by atoms with van der Waals surface area (Å²) in [5, 5.41) is 2.93. The molecule has 0 atom stereocenters. The maximum Gasteiger partial charge on any atom is 0.324 e. The summed E-state index contributed by atoms with van der Waals surface area (Å²) < 4.78 is 18.6. The number of halogens is 2. The number of anilines is 1. The summed E-state index contributed by atoms with van der Waals surface area (Å²) in [4.78, 5) is 28.7. The maximum atomic E-state index is 13.5. The summed E-state index contributed by atoms with van der Waals surface area (Å²) in [6.45, 7) is 0.985. The first kappa shape index (κ1) is 22.6. The molecular weight excluding hydrogens is 445 g/mol. The Morgan fingerprint density at radius 1 is 1.09 bits per heavy atom. The Morgan fingerprint density at radius 3 is 2.52 bits per heavy atom. The molecule has 33 heavy (non-hydrogen) atoms. The van der Waals surface area contributed by atoms with Gasteiger partial charge in [0.1, 0.15) is 11.6 Å². The van der Waals surface area contributed by atoms with Crippen LogP contribution in [0, 0.1) is 5.82 Å². The normalized spacial score (nSPS) is 13.0. The van der Waals surface area contributed by atoms with E-state index in [2.05, 4.69) is 5.32 Å². The van der Waals surface area contributed by atoms with Crippen LogP contribution < -0.4 is 15.0 Å². The van der Waals surface area contributed by atoms with Gasteiger partial charge in [-0.1, -0.05) is 29.8 Å². The fourth-order valence-electron chi connectivity index (χ4n) is 3.78. The molecule has 1 heterocycles. The average Bonchev–Trinajstić information content (AvgIpc) is 2.83. The average molecular weight is 468 g/mol. The molecule has 0 spiro atoms. The van der Waals surface area contributed by atoms with E-state index >= 15 is 0 Å². The quantitative estimate of drug-likeness (QED) is 0.555. The molecule has 3 aromatic rings. The largest absolute Gasteiger partial charge is 0.497 e. The van der Waals surface area contributed by atoms with E-state index in [1.54, 1.807) is 48.2 Å². The molecule has 3 aromatic carbocycles. The Labute approximate surface area is 196 Å². The van der Waals surface area contributed by atoms with E-state index in [1.165, 1.54) is 12.1 Å². The van der Waals surface area contributed by atoms with Crippen LogP contribution in [0.5, 0.6) is 5.75 Å². The number of urea groups is 1. The summed E-state index contributed by atoms with van der Waals surface area (Å²) in [5.41, 5.74) is 3.79. The minimum Gasteiger partial charge on any atom is -0.497 e. The number of fused-ring (bicyclic) bond motifs is 1. The first-order chi connectivity index (χ1) is 15.9. The molecule has 0 fully saturated rings. The Balaban J connectivity index is 1.48. The molecule has 1 N–H and O–H groups in total. The predicted octanol–water partition coefficient (Wildman–Crippen LogP) is 4.99. The monoisotopic (exact) mass is 467 g/mol. The molecule has 1 aliphatic rings. The number of nitrogens with one attached hydrogen (secondary N) is 1. The summed E-state index contributed by atoms with van der Waals surface area (Å²) in [6.07, 6.45) is 0. The molecule has 0 saturated carbocycles. The van der Waals surface area contributed by atoms with Crippen molar-refractivity contribution < 1.29 is 18.7 Å². The van der Waals surface area contributed by atoms with E-state index in [9.17, 15) is 14.0 Å². The van der Waals surface area contributed by atoms with Crippen LogP contribution >= 0.6 is 11.6 Å². The number of rotatable bonds is 6. The van der Waals surface area contributed by atoms with E-state index in [0.29, 0.717) is 18.7 Å². The first-order valence-electron chi connectivity index (χ1n) is 10.4. The third-order valence-electron chi connectivity index (χ3n) is 5.59. The van der Waals surface area contributed by atoms with Gasteiger partial charge in [0.15, 0.2) is 0 Å². The van der Waals surface area contributed by atoms with Gasteiger partial charge in [-0.15, -0.1) is 0 Å². The predicted molar refractivity (Wildman–Crippen MR) is 125 cm³/mol. The Bertz CT molecular complexity index is 1200. The number of carbonyl (C=O) groups excluding carboxylic acids is 2. The van der Waals surface area contributed by atoms with Crippen LogP contribution in [-0.2, 0) is 19.6 Å². The Hall–Kier alpha value is -3.58. The van der Waals surface area contributed by atoms with Crippen molar-refractivity contribution in [2.45, 2.75) is 19.6 Å². The second kappa shape index (κ2) is 9.50. The zero-order valence-corrected chi connectivity index (χ0v) is 19.0. The Kier molecular flexibility index (Phi) is 6.51. The molecule has 0 bridgehead atoms. The number of amides is 3. The number of nitrogens with zero attached hydrogens (tertiary/aromatic N) is 2. The lowest BCUT2D eigenvalue weighted by molar-refractivity contribution is 0.0950. The molecule has 6 nitrogen and oxygen atoms in total. The van der Waals surface area contributed by atoms with Crippen molar-refractivity contribution in [2.75, 3.05) is 19.1 Å². The number of hydrogen-bond acceptors (Lipinski definition) is 3. The fraction of sp³-hybridized carbons (Fsp3) is 0.200. The summed E-state index contributed by atoms with van der Waals surface area (Å²) in [5.74, 6) is 0.0501. The Morgan fingerprint density at radius 2 is 1.82 bits per heavy atom. The smallest absolute Gasteiger partial charge is 0.324 e. The van der Waals surface area contributed by atoms with Gasteiger partial charge in [-0.05, 0) is 59.2 Å². The highest BCUT2D eigenvalue weighted by Crippen LogP contribution is 2.30. The van der Waals surface area contributed by atoms with Gasteiger partial charge in [0.05, 0.1) is 17.8 Å². The highest BCUT2D eigenvalue weighted by Gasteiger charge is 2.28. The van der Waals surface area contributed by atoms with Crippen LogP contribution in [0.4, 0.5) is 14.9 Å². The van der Waals surface area contributed by atoms with Gasteiger partial charge in [0.25, 0.3) is 5.91 Å². The van der Waals surface area contributed by atoms with Crippen LogP contribution in [-0.4, -0.2) is 31.0 Å². The van der Waals surface area contributed by atoms with Crippen LogP contribution in [0.3, 0.4) is 0 Å². The van der Waals surface area contributed by atoms with Crippen molar-refractivity contribution >= 4 is 29.2 Å². The molecule has 0 saturated heterocycles. The fourth-order valence-corrected chi connectivity index (χ4v) is 3.98. The number of hydrogen-bond donors (Lipinski definition) is 1. The molecule has 0 aromatic heterocycles. The van der Waals surface area contributed by atoms with Gasteiger partial charge in [-0.25, -0.2) is 9.18 Å². The van der Waals surface area contributed by atoms with Crippen LogP contribution in [0.1, 0.15) is 27.0 Å². The van der Waals surface area contributed by atoms with E-state index in [0.717, 1.165) is 28.1 Å². The molecular formula is C25H23ClFN3O3. The van der Waals surface area contributed by atoms with Crippen LogP contribution in [0.25, 0.3) is 0 Å². The molecule has 0 radical (unpaired) electrons. The standard InChI is InChI=1S/C25H23ClFN3O3/c1-29-23-10-6-18(24(31)28-13-16-3-7-20(33-2)8-4-16)12-19(23)15-30(25(29)32)14-17-5-9-22(27)21(26)11-17/h3-12H,13-15H2,1-2H3,(H,28,31). The molecule has 1 aliphatic heterocycles. The summed E-state index contributed by atoms with van der Waals surface area (Å²) in [6, 6.07) is 17.0. The zero-order chi connectivity index (χ0) is 23.5. The number of carbonyl (C=O) groups is 2. The minimum atomic E-state index is -0.502. The third kappa shape index (κ3) is 4.93. The number of ether oxygens (including phenoxy) is 1.